The highest BCUT2D eigenvalue weighted by molar-refractivity contribution is 7.84. The number of benzene rings is 2. The van der Waals surface area contributed by atoms with Crippen LogP contribution in [0.5, 0.6) is 5.75 Å². The maximum Gasteiger partial charge on any atom is 0.248 e. The Kier molecular flexibility index (Phi) is 8.64. The number of piperidine rings is 1. The number of nitrogens with zero attached hydrogens (tertiary/aromatic N) is 3. The standard InChI is InChI=1S/C32H37N5O4S/c1-31(2,3)42(40)36-28-26-9-5-4-7-23(26)19-32(28)14-16-37(17-15-32)30-27(21-38)35-24(20-34-30)8-6-18-41-25-12-10-22(11-13-25)29(33)39/h4-5,7,9-13,20,28,36,38H,14-19,21H2,1-3H3,(H2,33,39)/t28-,42?/m1/s1. The number of hydrogen-bond acceptors (Lipinski definition) is 7. The van der Waals surface area contributed by atoms with E-state index in [9.17, 15) is 14.1 Å². The van der Waals surface area contributed by atoms with Gasteiger partial charge < -0.3 is 20.5 Å². The lowest BCUT2D eigenvalue weighted by Crippen LogP contribution is -2.48. The highest BCUT2D eigenvalue weighted by atomic mass is 32.2. The second kappa shape index (κ2) is 12.2. The highest BCUT2D eigenvalue weighted by Gasteiger charge is 2.49. The van der Waals surface area contributed by atoms with Crippen molar-refractivity contribution in [2.75, 3.05) is 24.6 Å². The Labute approximate surface area is 249 Å². The number of carbonyl (C=O) groups excluding carboxylic acids is 1. The van der Waals surface area contributed by atoms with Crippen molar-refractivity contribution >= 4 is 22.7 Å². The van der Waals surface area contributed by atoms with Crippen LogP contribution in [0, 0.1) is 17.3 Å². The van der Waals surface area contributed by atoms with Gasteiger partial charge >= 0.3 is 0 Å². The third-order valence-corrected chi connectivity index (χ3v) is 9.56. The monoisotopic (exact) mass is 587 g/mol. The van der Waals surface area contributed by atoms with Crippen LogP contribution in [-0.4, -0.2) is 49.6 Å². The molecular weight excluding hydrogens is 550 g/mol. The molecule has 1 aromatic heterocycles. The number of nitrogens with two attached hydrogens (primary N) is 1. The molecule has 220 valence electrons. The van der Waals surface area contributed by atoms with Crippen LogP contribution in [0.2, 0.25) is 0 Å². The molecule has 9 nitrogen and oxygen atoms in total. The van der Waals surface area contributed by atoms with Crippen LogP contribution in [-0.2, 0) is 24.0 Å². The molecule has 3 aromatic rings. The molecule has 4 N–H and O–H groups in total. The first-order chi connectivity index (χ1) is 20.1. The lowest BCUT2D eigenvalue weighted by Gasteiger charge is -2.44. The Balaban J connectivity index is 1.25. The highest BCUT2D eigenvalue weighted by Crippen LogP contribution is 2.52. The number of ether oxygens (including phenoxy) is 1. The zero-order valence-corrected chi connectivity index (χ0v) is 25.0. The van der Waals surface area contributed by atoms with E-state index in [0.717, 1.165) is 32.4 Å². The molecule has 1 spiro atoms. The number of anilines is 1. The van der Waals surface area contributed by atoms with Crippen molar-refractivity contribution in [3.05, 3.63) is 82.8 Å². The molecule has 0 radical (unpaired) electrons. The molecule has 5 rings (SSSR count). The zero-order valence-electron chi connectivity index (χ0n) is 24.2. The number of primary amides is 1. The van der Waals surface area contributed by atoms with Crippen molar-refractivity contribution in [1.29, 1.82) is 0 Å². The van der Waals surface area contributed by atoms with Crippen molar-refractivity contribution in [1.82, 2.24) is 14.7 Å². The number of nitrogens with one attached hydrogen (secondary N) is 1. The first-order valence-electron chi connectivity index (χ1n) is 14.1. The van der Waals surface area contributed by atoms with Gasteiger partial charge in [-0.15, -0.1) is 0 Å². The Morgan fingerprint density at radius 2 is 1.90 bits per heavy atom. The fourth-order valence-corrected chi connectivity index (χ4v) is 6.65. The third kappa shape index (κ3) is 6.33. The SMILES string of the molecule is CC(C)(C)S(=O)N[C@@H]1c2ccccc2CC12CCN(c1ncc(C#CCOc3ccc(C(N)=O)cc3)nc1CO)CC2. The summed E-state index contributed by atoms with van der Waals surface area (Å²) in [5.74, 6) is 6.61. The topological polar surface area (TPSA) is 131 Å². The number of fused-ring (bicyclic) bond motifs is 1. The summed E-state index contributed by atoms with van der Waals surface area (Å²) in [4.78, 5) is 22.6. The lowest BCUT2D eigenvalue weighted by molar-refractivity contribution is 0.1000. The van der Waals surface area contributed by atoms with E-state index in [1.54, 1.807) is 30.5 Å². The average molecular weight is 588 g/mol. The molecule has 0 bridgehead atoms. The van der Waals surface area contributed by atoms with Gasteiger partial charge in [0.05, 0.1) is 34.6 Å². The molecule has 2 aliphatic rings. The molecule has 1 saturated heterocycles. The van der Waals surface area contributed by atoms with Crippen LogP contribution >= 0.6 is 0 Å². The summed E-state index contributed by atoms with van der Waals surface area (Å²) in [5.41, 5.74) is 9.12. The minimum atomic E-state index is -1.19. The first kappa shape index (κ1) is 29.7. The largest absolute Gasteiger partial charge is 0.481 e. The van der Waals surface area contributed by atoms with E-state index in [2.05, 4.69) is 55.7 Å². The van der Waals surface area contributed by atoms with E-state index < -0.39 is 16.9 Å². The minimum Gasteiger partial charge on any atom is -0.481 e. The quantitative estimate of drug-likeness (QED) is 0.361. The summed E-state index contributed by atoms with van der Waals surface area (Å²) < 4.78 is 21.9. The van der Waals surface area contributed by atoms with Gasteiger partial charge in [0.2, 0.25) is 5.91 Å². The van der Waals surface area contributed by atoms with Crippen molar-refractivity contribution in [3.63, 3.8) is 0 Å². The van der Waals surface area contributed by atoms with E-state index >= 15 is 0 Å². The molecule has 2 heterocycles. The molecule has 1 unspecified atom stereocenters. The van der Waals surface area contributed by atoms with E-state index in [-0.39, 0.29) is 29.4 Å². The van der Waals surface area contributed by atoms with Crippen molar-refractivity contribution in [2.24, 2.45) is 11.1 Å². The Morgan fingerprint density at radius 3 is 2.57 bits per heavy atom. The summed E-state index contributed by atoms with van der Waals surface area (Å²) in [6.45, 7) is 7.37. The normalized spacial score (nSPS) is 18.2. The van der Waals surface area contributed by atoms with Crippen molar-refractivity contribution < 1.29 is 18.8 Å². The Morgan fingerprint density at radius 1 is 1.19 bits per heavy atom. The van der Waals surface area contributed by atoms with Crippen LogP contribution in [0.1, 0.15) is 72.5 Å². The Bertz CT molecular complexity index is 1530. The summed E-state index contributed by atoms with van der Waals surface area (Å²) in [5, 5.41) is 10.1. The second-order valence-electron chi connectivity index (χ2n) is 11.8. The number of carbonyl (C=O) groups is 1. The van der Waals surface area contributed by atoms with E-state index in [0.29, 0.717) is 28.5 Å². The maximum atomic E-state index is 13.2. The number of aromatic nitrogens is 2. The predicted molar refractivity (Wildman–Crippen MR) is 163 cm³/mol. The van der Waals surface area contributed by atoms with Crippen molar-refractivity contribution in [3.8, 4) is 17.6 Å². The van der Waals surface area contributed by atoms with Gasteiger partial charge in [-0.2, -0.15) is 0 Å². The second-order valence-corrected chi connectivity index (χ2v) is 13.8. The van der Waals surface area contributed by atoms with Gasteiger partial charge in [-0.3, -0.25) is 4.79 Å². The molecule has 10 heteroatoms. The minimum absolute atomic E-state index is 0.0141. The van der Waals surface area contributed by atoms with Gasteiger partial charge in [0.15, 0.2) is 5.82 Å². The van der Waals surface area contributed by atoms with Crippen LogP contribution in [0.4, 0.5) is 5.82 Å². The molecule has 2 aromatic carbocycles. The van der Waals surface area contributed by atoms with Gasteiger partial charge in [-0.1, -0.05) is 30.2 Å². The van der Waals surface area contributed by atoms with E-state index in [4.69, 9.17) is 10.5 Å². The van der Waals surface area contributed by atoms with Gasteiger partial charge in [-0.05, 0) is 86.8 Å². The van der Waals surface area contributed by atoms with Crippen LogP contribution in [0.3, 0.4) is 0 Å². The van der Waals surface area contributed by atoms with Crippen LogP contribution in [0.15, 0.2) is 54.7 Å². The molecule has 42 heavy (non-hydrogen) atoms. The number of amides is 1. The van der Waals surface area contributed by atoms with Crippen molar-refractivity contribution in [2.45, 2.75) is 57.4 Å². The molecule has 1 aliphatic carbocycles. The molecule has 1 fully saturated rings. The first-order valence-corrected chi connectivity index (χ1v) is 15.2. The molecular formula is C32H37N5O4S. The summed E-state index contributed by atoms with van der Waals surface area (Å²) in [6, 6.07) is 15.0. The zero-order chi connectivity index (χ0) is 29.9. The van der Waals surface area contributed by atoms with Gasteiger partial charge in [-0.25, -0.2) is 18.9 Å². The lowest BCUT2D eigenvalue weighted by atomic mass is 9.73. The van der Waals surface area contributed by atoms with Gasteiger partial charge in [0.1, 0.15) is 23.7 Å². The third-order valence-electron chi connectivity index (χ3n) is 8.00. The number of aliphatic hydroxyl groups excluding tert-OH is 1. The smallest absolute Gasteiger partial charge is 0.248 e. The van der Waals surface area contributed by atoms with E-state index in [1.807, 2.05) is 20.8 Å². The summed E-state index contributed by atoms with van der Waals surface area (Å²) in [7, 11) is -1.19. The molecule has 1 amide bonds. The molecule has 2 atom stereocenters. The van der Waals surface area contributed by atoms with E-state index in [1.165, 1.54) is 11.1 Å². The average Bonchev–Trinajstić information content (AvgIpc) is 3.27. The summed E-state index contributed by atoms with van der Waals surface area (Å²) >= 11 is 0. The van der Waals surface area contributed by atoms with Crippen LogP contribution in [0.25, 0.3) is 0 Å². The fourth-order valence-electron chi connectivity index (χ4n) is 5.70. The van der Waals surface area contributed by atoms with Gasteiger partial charge in [0, 0.05) is 18.7 Å². The number of hydrogen-bond donors (Lipinski definition) is 3. The van der Waals surface area contributed by atoms with Gasteiger partial charge in [0.25, 0.3) is 0 Å². The molecule has 0 saturated carbocycles. The van der Waals surface area contributed by atoms with Crippen LogP contribution < -0.4 is 20.1 Å². The maximum absolute atomic E-state index is 13.2. The fraction of sp³-hybridized carbons (Fsp3) is 0.406. The number of rotatable bonds is 7. The Hall–Kier alpha value is -3.78. The summed E-state index contributed by atoms with van der Waals surface area (Å²) in [6.07, 6.45) is 4.36. The predicted octanol–water partition coefficient (Wildman–Crippen LogP) is 3.43. The number of aliphatic hydroxyl groups is 1. The molecule has 1 aliphatic heterocycles.